The van der Waals surface area contributed by atoms with E-state index in [2.05, 4.69) is 16.4 Å². The van der Waals surface area contributed by atoms with Gasteiger partial charge in [0, 0.05) is 24.0 Å². The summed E-state index contributed by atoms with van der Waals surface area (Å²) in [4.78, 5) is 19.7. The van der Waals surface area contributed by atoms with Gasteiger partial charge in [0.2, 0.25) is 0 Å². The van der Waals surface area contributed by atoms with Crippen LogP contribution in [0.5, 0.6) is 5.88 Å². The molecule has 188 valence electrons. The van der Waals surface area contributed by atoms with Gasteiger partial charge in [-0.3, -0.25) is 4.79 Å². The average molecular weight is 495 g/mol. The Morgan fingerprint density at radius 2 is 1.81 bits per heavy atom. The SMILES string of the molecule is CC(C)(C)OC(=O)CCNCc1ccc(N=C(c2ccccc2)c2c(O)[nH]c3cc(C#N)ccc23)cc1. The third kappa shape index (κ3) is 6.63. The van der Waals surface area contributed by atoms with Crippen LogP contribution >= 0.6 is 0 Å². The standard InChI is InChI=1S/C30H30N4O3/c1-30(2,3)37-26(35)15-16-32-19-20-9-12-23(13-10-20)33-28(22-7-5-4-6-8-22)27-24-14-11-21(18-31)17-25(24)34-29(27)36/h4-14,17,32,34,36H,15-16,19H2,1-3H3. The second-order valence-electron chi connectivity index (χ2n) is 9.73. The zero-order valence-corrected chi connectivity index (χ0v) is 21.2. The number of nitriles is 1. The van der Waals surface area contributed by atoms with Gasteiger partial charge in [-0.15, -0.1) is 0 Å². The fourth-order valence-electron chi connectivity index (χ4n) is 3.99. The zero-order chi connectivity index (χ0) is 26.4. The molecule has 0 aliphatic heterocycles. The van der Waals surface area contributed by atoms with Crippen LogP contribution in [0.15, 0.2) is 77.8 Å². The number of hydrogen-bond donors (Lipinski definition) is 3. The predicted molar refractivity (Wildman–Crippen MR) is 145 cm³/mol. The number of aromatic amines is 1. The van der Waals surface area contributed by atoms with Gasteiger partial charge in [-0.25, -0.2) is 4.99 Å². The van der Waals surface area contributed by atoms with Crippen LogP contribution < -0.4 is 5.32 Å². The minimum atomic E-state index is -0.477. The number of aliphatic imine (C=N–C) groups is 1. The lowest BCUT2D eigenvalue weighted by molar-refractivity contribution is -0.154. The van der Waals surface area contributed by atoms with Crippen LogP contribution in [0.4, 0.5) is 5.69 Å². The number of aromatic nitrogens is 1. The maximum atomic E-state index is 11.9. The molecule has 0 saturated carbocycles. The molecule has 0 radical (unpaired) electrons. The first-order valence-corrected chi connectivity index (χ1v) is 12.1. The summed E-state index contributed by atoms with van der Waals surface area (Å²) in [6.45, 7) is 6.71. The van der Waals surface area contributed by atoms with E-state index in [1.807, 2.05) is 81.4 Å². The molecule has 7 nitrogen and oxygen atoms in total. The summed E-state index contributed by atoms with van der Waals surface area (Å²) in [6, 6.07) is 24.9. The third-order valence-corrected chi connectivity index (χ3v) is 5.62. The van der Waals surface area contributed by atoms with E-state index in [0.29, 0.717) is 41.9 Å². The van der Waals surface area contributed by atoms with Crippen LogP contribution in [-0.4, -0.2) is 33.9 Å². The van der Waals surface area contributed by atoms with Gasteiger partial charge < -0.3 is 20.1 Å². The fourth-order valence-corrected chi connectivity index (χ4v) is 3.99. The van der Waals surface area contributed by atoms with Gasteiger partial charge in [0.1, 0.15) is 5.60 Å². The summed E-state index contributed by atoms with van der Waals surface area (Å²) < 4.78 is 5.33. The molecule has 0 fully saturated rings. The second kappa shape index (κ2) is 11.1. The first-order chi connectivity index (χ1) is 17.7. The Morgan fingerprint density at radius 1 is 1.08 bits per heavy atom. The molecule has 0 atom stereocenters. The smallest absolute Gasteiger partial charge is 0.307 e. The van der Waals surface area contributed by atoms with Crippen LogP contribution in [0.1, 0.15) is 49.4 Å². The lowest BCUT2D eigenvalue weighted by Gasteiger charge is -2.19. The number of esters is 1. The third-order valence-electron chi connectivity index (χ3n) is 5.62. The van der Waals surface area contributed by atoms with Crippen LogP contribution in [0, 0.1) is 11.3 Å². The van der Waals surface area contributed by atoms with Crippen molar-refractivity contribution >= 4 is 28.3 Å². The minimum absolute atomic E-state index is 0.00139. The predicted octanol–water partition coefficient (Wildman–Crippen LogP) is 5.74. The Hall–Kier alpha value is -4.41. The first-order valence-electron chi connectivity index (χ1n) is 12.1. The quantitative estimate of drug-likeness (QED) is 0.164. The number of hydrogen-bond acceptors (Lipinski definition) is 6. The highest BCUT2D eigenvalue weighted by Crippen LogP contribution is 2.32. The average Bonchev–Trinajstić information content (AvgIpc) is 3.20. The number of H-pyrrole nitrogens is 1. The maximum Gasteiger partial charge on any atom is 0.307 e. The van der Waals surface area contributed by atoms with Crippen molar-refractivity contribution < 1.29 is 14.6 Å². The Labute approximate surface area is 216 Å². The molecule has 1 aromatic heterocycles. The molecule has 7 heteroatoms. The molecule has 0 saturated heterocycles. The van der Waals surface area contributed by atoms with Crippen LogP contribution in [0.3, 0.4) is 0 Å². The van der Waals surface area contributed by atoms with Gasteiger partial charge in [0.15, 0.2) is 5.88 Å². The summed E-state index contributed by atoms with van der Waals surface area (Å²) in [5, 5.41) is 24.1. The topological polar surface area (TPSA) is 110 Å². The summed E-state index contributed by atoms with van der Waals surface area (Å²) >= 11 is 0. The molecular weight excluding hydrogens is 464 g/mol. The summed E-state index contributed by atoms with van der Waals surface area (Å²) in [7, 11) is 0. The van der Waals surface area contributed by atoms with Crippen molar-refractivity contribution in [2.24, 2.45) is 4.99 Å². The summed E-state index contributed by atoms with van der Waals surface area (Å²) in [5.41, 5.74) is 4.56. The van der Waals surface area contributed by atoms with E-state index < -0.39 is 5.60 Å². The van der Waals surface area contributed by atoms with Crippen LogP contribution in [-0.2, 0) is 16.1 Å². The van der Waals surface area contributed by atoms with Crippen LogP contribution in [0.2, 0.25) is 0 Å². The molecule has 4 aromatic rings. The molecule has 3 N–H and O–H groups in total. The molecule has 0 unspecified atom stereocenters. The number of nitrogens with one attached hydrogen (secondary N) is 2. The number of aromatic hydroxyl groups is 1. The van der Waals surface area contributed by atoms with Crippen molar-refractivity contribution in [3.05, 3.63) is 95.1 Å². The molecule has 37 heavy (non-hydrogen) atoms. The van der Waals surface area contributed by atoms with E-state index in [-0.39, 0.29) is 11.8 Å². The molecule has 0 bridgehead atoms. The lowest BCUT2D eigenvalue weighted by atomic mass is 10.00. The molecule has 4 rings (SSSR count). The van der Waals surface area contributed by atoms with E-state index in [9.17, 15) is 15.2 Å². The molecule has 0 aliphatic rings. The zero-order valence-electron chi connectivity index (χ0n) is 21.2. The minimum Gasteiger partial charge on any atom is -0.494 e. The number of benzene rings is 3. The molecule has 0 spiro atoms. The number of nitrogens with zero attached hydrogens (tertiary/aromatic N) is 2. The highest BCUT2D eigenvalue weighted by atomic mass is 16.6. The van der Waals surface area contributed by atoms with E-state index in [4.69, 9.17) is 9.73 Å². The van der Waals surface area contributed by atoms with Crippen molar-refractivity contribution in [3.8, 4) is 11.9 Å². The largest absolute Gasteiger partial charge is 0.494 e. The highest BCUT2D eigenvalue weighted by Gasteiger charge is 2.19. The Bertz CT molecular complexity index is 1460. The number of rotatable bonds is 8. The fraction of sp³-hybridized carbons (Fsp3) is 0.233. The van der Waals surface area contributed by atoms with Crippen molar-refractivity contribution in [2.75, 3.05) is 6.54 Å². The number of carbonyl (C=O) groups is 1. The molecule has 0 amide bonds. The van der Waals surface area contributed by atoms with Gasteiger partial charge in [-0.2, -0.15) is 5.26 Å². The number of ether oxygens (including phenoxy) is 1. The van der Waals surface area contributed by atoms with Gasteiger partial charge in [-0.05, 0) is 50.6 Å². The number of fused-ring (bicyclic) bond motifs is 1. The van der Waals surface area contributed by atoms with E-state index in [1.54, 1.807) is 12.1 Å². The Kier molecular flexibility index (Phi) is 7.71. The highest BCUT2D eigenvalue weighted by molar-refractivity contribution is 6.21. The Balaban J connectivity index is 1.55. The van der Waals surface area contributed by atoms with Gasteiger partial charge in [-0.1, -0.05) is 48.5 Å². The van der Waals surface area contributed by atoms with Gasteiger partial charge >= 0.3 is 5.97 Å². The van der Waals surface area contributed by atoms with Crippen molar-refractivity contribution in [1.29, 1.82) is 5.26 Å². The number of carbonyl (C=O) groups excluding carboxylic acids is 1. The van der Waals surface area contributed by atoms with Crippen molar-refractivity contribution in [3.63, 3.8) is 0 Å². The maximum absolute atomic E-state index is 11.9. The molecular formula is C30H30N4O3. The van der Waals surface area contributed by atoms with Crippen LogP contribution in [0.25, 0.3) is 10.9 Å². The van der Waals surface area contributed by atoms with E-state index in [1.165, 1.54) is 0 Å². The van der Waals surface area contributed by atoms with E-state index >= 15 is 0 Å². The molecule has 0 aliphatic carbocycles. The summed E-state index contributed by atoms with van der Waals surface area (Å²) in [5.74, 6) is -0.221. The first kappa shape index (κ1) is 25.7. The van der Waals surface area contributed by atoms with Crippen molar-refractivity contribution in [2.45, 2.75) is 39.3 Å². The molecule has 3 aromatic carbocycles. The lowest BCUT2D eigenvalue weighted by Crippen LogP contribution is -2.26. The van der Waals surface area contributed by atoms with Gasteiger partial charge in [0.05, 0.1) is 40.5 Å². The second-order valence-corrected chi connectivity index (χ2v) is 9.73. The normalized spacial score (nSPS) is 11.9. The monoisotopic (exact) mass is 494 g/mol. The summed E-state index contributed by atoms with van der Waals surface area (Å²) in [6.07, 6.45) is 0.310. The molecule has 1 heterocycles. The van der Waals surface area contributed by atoms with Crippen molar-refractivity contribution in [1.82, 2.24) is 10.3 Å². The van der Waals surface area contributed by atoms with E-state index in [0.717, 1.165) is 22.2 Å². The van der Waals surface area contributed by atoms with Gasteiger partial charge in [0.25, 0.3) is 0 Å². The Morgan fingerprint density at radius 3 is 2.49 bits per heavy atom.